The van der Waals surface area contributed by atoms with Crippen LogP contribution in [-0.2, 0) is 0 Å². The first-order valence-electron chi connectivity index (χ1n) is 4.94. The van der Waals surface area contributed by atoms with Gasteiger partial charge in [-0.05, 0) is 36.1 Å². The molecule has 0 aliphatic carbocycles. The van der Waals surface area contributed by atoms with Gasteiger partial charge in [0.15, 0.2) is 5.84 Å². The Bertz CT molecular complexity index is 540. The molecule has 0 bridgehead atoms. The molecule has 0 amide bonds. The molecule has 1 aromatic carbocycles. The van der Waals surface area contributed by atoms with Crippen molar-refractivity contribution >= 4 is 23.8 Å². The maximum Gasteiger partial charge on any atom is 0.165 e. The molecular weight excluding hydrogens is 248 g/mol. The minimum absolute atomic E-state index is 0.0533. The fraction of sp³-hybridized carbons (Fsp3) is 0.0833. The van der Waals surface area contributed by atoms with E-state index in [4.69, 9.17) is 21.5 Å². The number of benzene rings is 1. The van der Waals surface area contributed by atoms with Crippen molar-refractivity contribution in [2.24, 2.45) is 10.7 Å². The van der Waals surface area contributed by atoms with E-state index in [2.05, 4.69) is 4.99 Å². The van der Waals surface area contributed by atoms with E-state index in [1.165, 1.54) is 30.1 Å². The van der Waals surface area contributed by atoms with Crippen LogP contribution in [0.1, 0.15) is 5.56 Å². The number of phenols is 1. The van der Waals surface area contributed by atoms with Crippen molar-refractivity contribution in [1.82, 2.24) is 0 Å². The van der Waals surface area contributed by atoms with Gasteiger partial charge < -0.3 is 10.8 Å². The third-order valence-electron chi connectivity index (χ3n) is 2.05. The smallest absolute Gasteiger partial charge is 0.165 e. The zero-order chi connectivity index (χ0) is 13.5. The van der Waals surface area contributed by atoms with Crippen molar-refractivity contribution in [3.63, 3.8) is 0 Å². The summed E-state index contributed by atoms with van der Waals surface area (Å²) in [4.78, 5) is 3.87. The number of thioether (sulfide) groups is 1. The Hall–Kier alpha value is -2.26. The van der Waals surface area contributed by atoms with E-state index in [0.717, 1.165) is 5.56 Å². The Morgan fingerprint density at radius 3 is 2.61 bits per heavy atom. The molecule has 0 aromatic heterocycles. The summed E-state index contributed by atoms with van der Waals surface area (Å²) in [6.45, 7) is 0. The zero-order valence-corrected chi connectivity index (χ0v) is 10.5. The molecule has 6 heteroatoms. The largest absolute Gasteiger partial charge is 0.508 e. The first-order chi connectivity index (χ1) is 8.58. The monoisotopic (exact) mass is 260 g/mol. The lowest BCUT2D eigenvalue weighted by atomic mass is 10.2. The van der Waals surface area contributed by atoms with Crippen LogP contribution < -0.4 is 5.73 Å². The molecule has 18 heavy (non-hydrogen) atoms. The molecule has 0 heterocycles. The Kier molecular flexibility index (Phi) is 4.96. The molecule has 1 aromatic rings. The fourth-order valence-electron chi connectivity index (χ4n) is 1.09. The van der Waals surface area contributed by atoms with Crippen molar-refractivity contribution < 1.29 is 5.11 Å². The van der Waals surface area contributed by atoms with Crippen molar-refractivity contribution in [3.05, 3.63) is 40.4 Å². The Balaban J connectivity index is 2.88. The molecule has 0 atom stereocenters. The number of aliphatic imine (C=N–C) groups is 1. The van der Waals surface area contributed by atoms with E-state index in [9.17, 15) is 0 Å². The average molecular weight is 260 g/mol. The minimum Gasteiger partial charge on any atom is -0.508 e. The van der Waals surface area contributed by atoms with Crippen LogP contribution in [0.2, 0.25) is 0 Å². The van der Waals surface area contributed by atoms with Gasteiger partial charge in [0.05, 0.1) is 5.03 Å². The lowest BCUT2D eigenvalue weighted by Gasteiger charge is -2.00. The van der Waals surface area contributed by atoms with Gasteiger partial charge in [0.1, 0.15) is 17.4 Å². The van der Waals surface area contributed by atoms with Crippen LogP contribution in [0.15, 0.2) is 39.9 Å². The van der Waals surface area contributed by atoms with Crippen LogP contribution in [0, 0.1) is 16.7 Å². The van der Waals surface area contributed by atoms with Gasteiger partial charge in [-0.2, -0.15) is 5.26 Å². The summed E-state index contributed by atoms with van der Waals surface area (Å²) >= 11 is 1.20. The van der Waals surface area contributed by atoms with Crippen LogP contribution in [0.3, 0.4) is 0 Å². The molecule has 0 unspecified atom stereocenters. The van der Waals surface area contributed by atoms with Crippen LogP contribution >= 0.6 is 11.8 Å². The maximum absolute atomic E-state index is 9.11. The number of phenolic OH excluding ortho intramolecular Hbond substituents is 1. The molecule has 4 N–H and O–H groups in total. The second-order valence-electron chi connectivity index (χ2n) is 3.25. The number of nitriles is 1. The number of hydrogen-bond donors (Lipinski definition) is 3. The van der Waals surface area contributed by atoms with Gasteiger partial charge in [-0.15, -0.1) is 11.8 Å². The van der Waals surface area contributed by atoms with Crippen LogP contribution in [-0.4, -0.2) is 23.4 Å². The lowest BCUT2D eigenvalue weighted by molar-refractivity contribution is 0.475. The van der Waals surface area contributed by atoms with E-state index >= 15 is 0 Å². The first kappa shape index (κ1) is 13.8. The molecule has 5 nitrogen and oxygen atoms in total. The van der Waals surface area contributed by atoms with E-state index in [0.29, 0.717) is 0 Å². The topological polar surface area (TPSA) is 106 Å². The van der Waals surface area contributed by atoms with Crippen molar-refractivity contribution in [2.45, 2.75) is 0 Å². The second kappa shape index (κ2) is 6.47. The molecule has 0 saturated heterocycles. The highest BCUT2D eigenvalue weighted by Gasteiger charge is 2.07. The van der Waals surface area contributed by atoms with Crippen molar-refractivity contribution in [2.75, 3.05) is 6.26 Å². The molecule has 1 rings (SSSR count). The molecule has 0 aliphatic heterocycles. The van der Waals surface area contributed by atoms with E-state index < -0.39 is 0 Å². The van der Waals surface area contributed by atoms with Crippen LogP contribution in [0.25, 0.3) is 0 Å². The Morgan fingerprint density at radius 2 is 2.11 bits per heavy atom. The summed E-state index contributed by atoms with van der Waals surface area (Å²) in [6, 6.07) is 8.19. The minimum atomic E-state index is -0.183. The quantitative estimate of drug-likeness (QED) is 0.438. The standard InChI is InChI=1S/C12H12N4OS/c1-18-12(15)10(6-13)11(14)16-7-8-2-4-9(17)5-3-8/h2-5,7,14,17H,15H2,1H3/b12-10+,14-11?,16-7?. The van der Waals surface area contributed by atoms with Gasteiger partial charge in [-0.3, -0.25) is 5.41 Å². The lowest BCUT2D eigenvalue weighted by Crippen LogP contribution is -2.05. The van der Waals surface area contributed by atoms with Gasteiger partial charge in [0.25, 0.3) is 0 Å². The second-order valence-corrected chi connectivity index (χ2v) is 4.10. The molecule has 0 spiro atoms. The van der Waals surface area contributed by atoms with Crippen LogP contribution in [0.5, 0.6) is 5.75 Å². The molecular formula is C12H12N4OS. The molecule has 0 fully saturated rings. The first-order valence-corrected chi connectivity index (χ1v) is 6.16. The number of nitrogens with one attached hydrogen (secondary N) is 1. The van der Waals surface area contributed by atoms with Gasteiger partial charge in [-0.25, -0.2) is 4.99 Å². The summed E-state index contributed by atoms with van der Waals surface area (Å²) < 4.78 is 0. The maximum atomic E-state index is 9.11. The summed E-state index contributed by atoms with van der Waals surface area (Å²) in [7, 11) is 0. The third-order valence-corrected chi connectivity index (χ3v) is 2.69. The number of aromatic hydroxyl groups is 1. The fourth-order valence-corrected chi connectivity index (χ4v) is 1.44. The highest BCUT2D eigenvalue weighted by molar-refractivity contribution is 8.02. The Morgan fingerprint density at radius 1 is 1.50 bits per heavy atom. The number of amidine groups is 1. The van der Waals surface area contributed by atoms with Gasteiger partial charge in [-0.1, -0.05) is 0 Å². The predicted octanol–water partition coefficient (Wildman–Crippen LogP) is 1.85. The van der Waals surface area contributed by atoms with Crippen molar-refractivity contribution in [3.8, 4) is 11.8 Å². The Labute approximate surface area is 109 Å². The molecule has 0 aliphatic rings. The normalized spacial score (nSPS) is 12.0. The summed E-state index contributed by atoms with van der Waals surface area (Å²) in [5.74, 6) is -0.0242. The van der Waals surface area contributed by atoms with Gasteiger partial charge >= 0.3 is 0 Å². The van der Waals surface area contributed by atoms with Crippen molar-refractivity contribution in [1.29, 1.82) is 10.7 Å². The molecule has 92 valence electrons. The third kappa shape index (κ3) is 3.64. The van der Waals surface area contributed by atoms with E-state index in [1.54, 1.807) is 18.4 Å². The highest BCUT2D eigenvalue weighted by Crippen LogP contribution is 2.12. The van der Waals surface area contributed by atoms with E-state index in [-0.39, 0.29) is 22.2 Å². The molecule has 0 radical (unpaired) electrons. The summed E-state index contributed by atoms with van der Waals surface area (Å²) in [5.41, 5.74) is 6.36. The van der Waals surface area contributed by atoms with Crippen LogP contribution in [0.4, 0.5) is 0 Å². The van der Waals surface area contributed by atoms with Gasteiger partial charge in [0.2, 0.25) is 0 Å². The highest BCUT2D eigenvalue weighted by atomic mass is 32.2. The average Bonchev–Trinajstić information content (AvgIpc) is 2.38. The van der Waals surface area contributed by atoms with E-state index in [1.807, 2.05) is 6.07 Å². The van der Waals surface area contributed by atoms with Gasteiger partial charge in [0, 0.05) is 6.21 Å². The number of nitrogens with two attached hydrogens (primary N) is 1. The molecule has 0 saturated carbocycles. The summed E-state index contributed by atoms with van der Waals surface area (Å²) in [5, 5.41) is 25.9. The number of rotatable bonds is 3. The predicted molar refractivity (Wildman–Crippen MR) is 73.8 cm³/mol. The summed E-state index contributed by atoms with van der Waals surface area (Å²) in [6.07, 6.45) is 3.16. The SMILES string of the molecule is CS/C(N)=C(\C#N)C(=N)N=Cc1ccc(O)cc1. The zero-order valence-electron chi connectivity index (χ0n) is 9.71. The number of nitrogens with zero attached hydrogens (tertiary/aromatic N) is 2. The number of hydrogen-bond acceptors (Lipinski definition) is 5.